The first-order chi connectivity index (χ1) is 8.90. The van der Waals surface area contributed by atoms with Crippen LogP contribution in [0.2, 0.25) is 0 Å². The van der Waals surface area contributed by atoms with Gasteiger partial charge in [0.05, 0.1) is 0 Å². The molecule has 1 aromatic rings. The Balaban J connectivity index is 2.30. The van der Waals surface area contributed by atoms with Gasteiger partial charge in [0.2, 0.25) is 0 Å². The van der Waals surface area contributed by atoms with E-state index in [1.807, 2.05) is 24.0 Å². The molecule has 1 aliphatic heterocycles. The zero-order valence-electron chi connectivity index (χ0n) is 12.3. The molecule has 3 atom stereocenters. The molecule has 0 aliphatic carbocycles. The summed E-state index contributed by atoms with van der Waals surface area (Å²) in [5.41, 5.74) is 8.21. The normalized spacial score (nSPS) is 27.4. The maximum Gasteiger partial charge on any atom is 0.254 e. The van der Waals surface area contributed by atoms with Gasteiger partial charge < -0.3 is 10.6 Å². The van der Waals surface area contributed by atoms with E-state index in [-0.39, 0.29) is 5.91 Å². The first kappa shape index (κ1) is 13.9. The number of benzene rings is 1. The van der Waals surface area contributed by atoms with Crippen LogP contribution in [0.25, 0.3) is 0 Å². The van der Waals surface area contributed by atoms with Crippen LogP contribution in [-0.4, -0.2) is 23.4 Å². The summed E-state index contributed by atoms with van der Waals surface area (Å²) in [4.78, 5) is 14.8. The van der Waals surface area contributed by atoms with Crippen molar-refractivity contribution in [1.82, 2.24) is 4.90 Å². The number of anilines is 1. The lowest BCUT2D eigenvalue weighted by atomic mass is 9.85. The Kier molecular flexibility index (Phi) is 3.83. The maximum atomic E-state index is 12.7. The molecule has 1 aliphatic rings. The number of nitrogens with zero attached hydrogens (tertiary/aromatic N) is 1. The Hall–Kier alpha value is -1.51. The second kappa shape index (κ2) is 5.24. The van der Waals surface area contributed by atoms with Gasteiger partial charge in [-0.05, 0) is 49.8 Å². The van der Waals surface area contributed by atoms with Crippen LogP contribution >= 0.6 is 0 Å². The molecular weight excluding hydrogens is 236 g/mol. The quantitative estimate of drug-likeness (QED) is 0.789. The van der Waals surface area contributed by atoms with Gasteiger partial charge in [-0.15, -0.1) is 0 Å². The number of amides is 1. The van der Waals surface area contributed by atoms with Crippen LogP contribution in [0.4, 0.5) is 5.69 Å². The molecular formula is C16H24N2O. The second-order valence-electron chi connectivity index (χ2n) is 6.09. The maximum absolute atomic E-state index is 12.7. The molecule has 3 nitrogen and oxygen atoms in total. The van der Waals surface area contributed by atoms with Crippen LogP contribution in [0.3, 0.4) is 0 Å². The van der Waals surface area contributed by atoms with E-state index in [0.29, 0.717) is 23.6 Å². The van der Waals surface area contributed by atoms with Crippen LogP contribution in [0.5, 0.6) is 0 Å². The number of rotatable bonds is 1. The standard InChI is InChI=1S/C16H24N2O/c1-10-7-12(3)13(4)18(9-10)16(19)15-8-14(17)6-5-11(15)2/h5-6,8,10,12-13H,7,9,17H2,1-4H3. The minimum absolute atomic E-state index is 0.121. The van der Waals surface area contributed by atoms with Crippen LogP contribution < -0.4 is 5.73 Å². The number of carbonyl (C=O) groups excluding carboxylic acids is 1. The number of aryl methyl sites for hydroxylation is 1. The first-order valence-electron chi connectivity index (χ1n) is 7.07. The third-order valence-electron chi connectivity index (χ3n) is 4.35. The summed E-state index contributed by atoms with van der Waals surface area (Å²) in [6, 6.07) is 5.86. The van der Waals surface area contributed by atoms with Crippen molar-refractivity contribution >= 4 is 11.6 Å². The number of nitrogen functional groups attached to an aromatic ring is 1. The number of nitrogens with two attached hydrogens (primary N) is 1. The Morgan fingerprint density at radius 2 is 2.00 bits per heavy atom. The van der Waals surface area contributed by atoms with Crippen molar-refractivity contribution in [3.63, 3.8) is 0 Å². The molecule has 1 fully saturated rings. The van der Waals surface area contributed by atoms with E-state index < -0.39 is 0 Å². The van der Waals surface area contributed by atoms with Crippen molar-refractivity contribution in [3.05, 3.63) is 29.3 Å². The van der Waals surface area contributed by atoms with Crippen LogP contribution in [-0.2, 0) is 0 Å². The number of hydrogen-bond acceptors (Lipinski definition) is 2. The largest absolute Gasteiger partial charge is 0.399 e. The van der Waals surface area contributed by atoms with E-state index in [9.17, 15) is 4.79 Å². The van der Waals surface area contributed by atoms with Crippen molar-refractivity contribution in [3.8, 4) is 0 Å². The van der Waals surface area contributed by atoms with Crippen LogP contribution in [0, 0.1) is 18.8 Å². The highest BCUT2D eigenvalue weighted by molar-refractivity contribution is 5.96. The summed E-state index contributed by atoms with van der Waals surface area (Å²) in [5, 5.41) is 0. The van der Waals surface area contributed by atoms with Crippen molar-refractivity contribution < 1.29 is 4.79 Å². The lowest BCUT2D eigenvalue weighted by Gasteiger charge is -2.41. The van der Waals surface area contributed by atoms with E-state index in [1.54, 1.807) is 6.07 Å². The summed E-state index contributed by atoms with van der Waals surface area (Å²) in [7, 11) is 0. The lowest BCUT2D eigenvalue weighted by molar-refractivity contribution is 0.0455. The minimum Gasteiger partial charge on any atom is -0.399 e. The Labute approximate surface area is 115 Å². The zero-order chi connectivity index (χ0) is 14.2. The molecule has 2 N–H and O–H groups in total. The fraction of sp³-hybridized carbons (Fsp3) is 0.562. The second-order valence-corrected chi connectivity index (χ2v) is 6.09. The Morgan fingerprint density at radius 1 is 1.32 bits per heavy atom. The molecule has 0 aromatic heterocycles. The van der Waals surface area contributed by atoms with E-state index in [0.717, 1.165) is 17.7 Å². The molecule has 0 saturated carbocycles. The highest BCUT2D eigenvalue weighted by Crippen LogP contribution is 2.29. The summed E-state index contributed by atoms with van der Waals surface area (Å²) in [5.74, 6) is 1.24. The van der Waals surface area contributed by atoms with Crippen molar-refractivity contribution in [1.29, 1.82) is 0 Å². The number of carbonyl (C=O) groups is 1. The monoisotopic (exact) mass is 260 g/mol. The molecule has 1 amide bonds. The smallest absolute Gasteiger partial charge is 0.254 e. The minimum atomic E-state index is 0.121. The first-order valence-corrected chi connectivity index (χ1v) is 7.07. The van der Waals surface area contributed by atoms with Gasteiger partial charge in [-0.1, -0.05) is 19.9 Å². The van der Waals surface area contributed by atoms with E-state index in [1.165, 1.54) is 6.42 Å². The lowest BCUT2D eigenvalue weighted by Crippen LogP contribution is -2.49. The molecule has 104 valence electrons. The van der Waals surface area contributed by atoms with Gasteiger partial charge in [-0.25, -0.2) is 0 Å². The third-order valence-corrected chi connectivity index (χ3v) is 4.35. The van der Waals surface area contributed by atoms with Crippen molar-refractivity contribution in [2.45, 2.75) is 40.2 Å². The van der Waals surface area contributed by atoms with Gasteiger partial charge in [0, 0.05) is 23.8 Å². The van der Waals surface area contributed by atoms with E-state index >= 15 is 0 Å². The van der Waals surface area contributed by atoms with Crippen LogP contribution in [0.1, 0.15) is 43.1 Å². The molecule has 3 unspecified atom stereocenters. The van der Waals surface area contributed by atoms with Gasteiger partial charge in [0.25, 0.3) is 5.91 Å². The molecule has 1 heterocycles. The van der Waals surface area contributed by atoms with Crippen LogP contribution in [0.15, 0.2) is 18.2 Å². The number of hydrogen-bond donors (Lipinski definition) is 1. The Bertz CT molecular complexity index is 484. The van der Waals surface area contributed by atoms with Gasteiger partial charge in [0.15, 0.2) is 0 Å². The zero-order valence-corrected chi connectivity index (χ0v) is 12.3. The van der Waals surface area contributed by atoms with Gasteiger partial charge in [-0.2, -0.15) is 0 Å². The summed E-state index contributed by atoms with van der Waals surface area (Å²) >= 11 is 0. The predicted octanol–water partition coefficient (Wildman–Crippen LogP) is 3.08. The average Bonchev–Trinajstić information content (AvgIpc) is 2.36. The van der Waals surface area contributed by atoms with E-state index in [4.69, 9.17) is 5.73 Å². The average molecular weight is 260 g/mol. The molecule has 0 radical (unpaired) electrons. The third kappa shape index (κ3) is 2.75. The summed E-state index contributed by atoms with van der Waals surface area (Å²) in [6.45, 7) is 9.41. The van der Waals surface area contributed by atoms with Gasteiger partial charge in [0.1, 0.15) is 0 Å². The molecule has 2 rings (SSSR count). The Morgan fingerprint density at radius 3 is 2.68 bits per heavy atom. The summed E-state index contributed by atoms with van der Waals surface area (Å²) < 4.78 is 0. The predicted molar refractivity (Wildman–Crippen MR) is 79.0 cm³/mol. The van der Waals surface area contributed by atoms with Crippen molar-refractivity contribution in [2.24, 2.45) is 11.8 Å². The highest BCUT2D eigenvalue weighted by atomic mass is 16.2. The SMILES string of the molecule is Cc1ccc(N)cc1C(=O)N1CC(C)CC(C)C1C. The fourth-order valence-corrected chi connectivity index (χ4v) is 3.01. The highest BCUT2D eigenvalue weighted by Gasteiger charge is 2.32. The number of piperidine rings is 1. The van der Waals surface area contributed by atoms with E-state index in [2.05, 4.69) is 20.8 Å². The molecule has 1 aromatic carbocycles. The molecule has 0 bridgehead atoms. The van der Waals surface area contributed by atoms with Gasteiger partial charge >= 0.3 is 0 Å². The molecule has 3 heteroatoms. The summed E-state index contributed by atoms with van der Waals surface area (Å²) in [6.07, 6.45) is 1.20. The fourth-order valence-electron chi connectivity index (χ4n) is 3.01. The van der Waals surface area contributed by atoms with Gasteiger partial charge in [-0.3, -0.25) is 4.79 Å². The number of likely N-dealkylation sites (tertiary alicyclic amines) is 1. The topological polar surface area (TPSA) is 46.3 Å². The van der Waals surface area contributed by atoms with Crippen molar-refractivity contribution in [2.75, 3.05) is 12.3 Å². The molecule has 0 spiro atoms. The molecule has 1 saturated heterocycles. The molecule has 19 heavy (non-hydrogen) atoms.